The molecule has 0 fully saturated rings. The SMILES string of the molecule is Cc1cc2c(nc1C)oc1c(-c3nc4ccccc4n3-c3c(-c4ccccc4)cccc3-c3ccccc3)ccc(C)c12. The van der Waals surface area contributed by atoms with Crippen LogP contribution in [0.4, 0.5) is 0 Å². The third-order valence-corrected chi connectivity index (χ3v) is 8.50. The lowest BCUT2D eigenvalue weighted by Gasteiger charge is -2.20. The van der Waals surface area contributed by atoms with Gasteiger partial charge < -0.3 is 4.42 Å². The molecule has 0 aliphatic rings. The Morgan fingerprint density at radius 1 is 0.581 bits per heavy atom. The topological polar surface area (TPSA) is 43.9 Å². The summed E-state index contributed by atoms with van der Waals surface area (Å²) in [6, 6.07) is 42.6. The molecule has 43 heavy (non-hydrogen) atoms. The summed E-state index contributed by atoms with van der Waals surface area (Å²) < 4.78 is 8.93. The van der Waals surface area contributed by atoms with Crippen LogP contribution in [0.3, 0.4) is 0 Å². The van der Waals surface area contributed by atoms with Crippen LogP contribution in [0.5, 0.6) is 0 Å². The highest BCUT2D eigenvalue weighted by atomic mass is 16.3. The largest absolute Gasteiger partial charge is 0.437 e. The van der Waals surface area contributed by atoms with Crippen molar-refractivity contribution in [3.63, 3.8) is 0 Å². The second-order valence-corrected chi connectivity index (χ2v) is 11.2. The Hall–Kier alpha value is -5.48. The van der Waals surface area contributed by atoms with E-state index < -0.39 is 0 Å². The van der Waals surface area contributed by atoms with Crippen molar-refractivity contribution in [1.82, 2.24) is 14.5 Å². The zero-order valence-corrected chi connectivity index (χ0v) is 24.3. The first-order valence-electron chi connectivity index (χ1n) is 14.6. The van der Waals surface area contributed by atoms with Gasteiger partial charge >= 0.3 is 0 Å². The minimum atomic E-state index is 0.658. The molecule has 0 bridgehead atoms. The molecule has 0 radical (unpaired) electrons. The molecular formula is C39H29N3O. The zero-order valence-electron chi connectivity index (χ0n) is 24.3. The third kappa shape index (κ3) is 3.98. The van der Waals surface area contributed by atoms with E-state index in [1.165, 1.54) is 0 Å². The van der Waals surface area contributed by atoms with Crippen molar-refractivity contribution >= 4 is 33.1 Å². The smallest absolute Gasteiger partial charge is 0.227 e. The standard InChI is InChI=1S/C39H29N3O/c1-24-21-22-31(37-35(24)32-23-25(2)26(3)40-39(32)43-37)38-41-33-19-10-11-20-34(33)42(38)36-29(27-13-6-4-7-14-27)17-12-18-30(36)28-15-8-5-9-16-28/h4-23H,1-3H3. The molecular weight excluding hydrogens is 526 g/mol. The lowest BCUT2D eigenvalue weighted by molar-refractivity contribution is 0.652. The van der Waals surface area contributed by atoms with E-state index in [-0.39, 0.29) is 0 Å². The second-order valence-electron chi connectivity index (χ2n) is 11.2. The fraction of sp³-hybridized carbons (Fsp3) is 0.0769. The molecule has 0 atom stereocenters. The number of furan rings is 1. The number of hydrogen-bond acceptors (Lipinski definition) is 3. The van der Waals surface area contributed by atoms with E-state index in [0.717, 1.165) is 83.5 Å². The first-order valence-corrected chi connectivity index (χ1v) is 14.6. The highest BCUT2D eigenvalue weighted by molar-refractivity contribution is 6.10. The van der Waals surface area contributed by atoms with E-state index in [4.69, 9.17) is 14.4 Å². The fourth-order valence-electron chi connectivity index (χ4n) is 6.25. The van der Waals surface area contributed by atoms with Crippen LogP contribution in [-0.4, -0.2) is 14.5 Å². The maximum absolute atomic E-state index is 6.61. The van der Waals surface area contributed by atoms with Gasteiger partial charge in [0.25, 0.3) is 0 Å². The number of pyridine rings is 1. The number of aryl methyl sites for hydroxylation is 3. The Labute approximate surface area is 249 Å². The van der Waals surface area contributed by atoms with E-state index in [2.05, 4.69) is 134 Å². The number of para-hydroxylation sites is 3. The maximum atomic E-state index is 6.61. The molecule has 3 heterocycles. The van der Waals surface area contributed by atoms with Crippen LogP contribution in [0.25, 0.3) is 72.4 Å². The van der Waals surface area contributed by atoms with Gasteiger partial charge in [-0.15, -0.1) is 0 Å². The molecule has 0 saturated carbocycles. The van der Waals surface area contributed by atoms with Crippen molar-refractivity contribution in [3.8, 4) is 39.3 Å². The van der Waals surface area contributed by atoms with Crippen molar-refractivity contribution in [2.75, 3.05) is 0 Å². The molecule has 0 aliphatic carbocycles. The summed E-state index contributed by atoms with van der Waals surface area (Å²) >= 11 is 0. The molecule has 8 aromatic rings. The highest BCUT2D eigenvalue weighted by Gasteiger charge is 2.24. The third-order valence-electron chi connectivity index (χ3n) is 8.50. The van der Waals surface area contributed by atoms with Gasteiger partial charge in [0.1, 0.15) is 11.4 Å². The van der Waals surface area contributed by atoms with Gasteiger partial charge in [0, 0.05) is 27.6 Å². The lowest BCUT2D eigenvalue weighted by atomic mass is 9.95. The van der Waals surface area contributed by atoms with Crippen LogP contribution in [0.1, 0.15) is 16.8 Å². The number of benzene rings is 5. The molecule has 0 unspecified atom stereocenters. The second kappa shape index (κ2) is 9.81. The summed E-state index contributed by atoms with van der Waals surface area (Å²) in [5.41, 5.74) is 13.3. The molecule has 0 saturated heterocycles. The molecule has 0 aliphatic heterocycles. The van der Waals surface area contributed by atoms with Crippen LogP contribution in [0.15, 0.2) is 126 Å². The van der Waals surface area contributed by atoms with Gasteiger partial charge in [-0.1, -0.05) is 97.1 Å². The van der Waals surface area contributed by atoms with Crippen molar-refractivity contribution in [1.29, 1.82) is 0 Å². The summed E-state index contributed by atoms with van der Waals surface area (Å²) in [7, 11) is 0. The van der Waals surface area contributed by atoms with Gasteiger partial charge in [-0.25, -0.2) is 9.97 Å². The predicted octanol–water partition coefficient (Wildman–Crippen LogP) is 10.2. The molecule has 0 spiro atoms. The minimum Gasteiger partial charge on any atom is -0.437 e. The molecule has 4 nitrogen and oxygen atoms in total. The first kappa shape index (κ1) is 25.2. The Morgan fingerprint density at radius 2 is 1.23 bits per heavy atom. The van der Waals surface area contributed by atoms with Crippen molar-refractivity contribution < 1.29 is 4.42 Å². The summed E-state index contributed by atoms with van der Waals surface area (Å²) in [4.78, 5) is 10.1. The molecule has 5 aromatic carbocycles. The van der Waals surface area contributed by atoms with Crippen LogP contribution < -0.4 is 0 Å². The van der Waals surface area contributed by atoms with Crippen LogP contribution in [0.2, 0.25) is 0 Å². The molecule has 8 rings (SSSR count). The Bertz CT molecular complexity index is 2250. The van der Waals surface area contributed by atoms with Crippen molar-refractivity contribution in [2.45, 2.75) is 20.8 Å². The van der Waals surface area contributed by atoms with E-state index in [1.807, 2.05) is 13.0 Å². The van der Waals surface area contributed by atoms with Gasteiger partial charge in [0.15, 0.2) is 0 Å². The van der Waals surface area contributed by atoms with Gasteiger partial charge in [0.2, 0.25) is 5.71 Å². The minimum absolute atomic E-state index is 0.658. The number of hydrogen-bond donors (Lipinski definition) is 0. The fourth-order valence-corrected chi connectivity index (χ4v) is 6.25. The summed E-state index contributed by atoms with van der Waals surface area (Å²) in [6.45, 7) is 6.27. The quantitative estimate of drug-likeness (QED) is 0.217. The van der Waals surface area contributed by atoms with E-state index >= 15 is 0 Å². The maximum Gasteiger partial charge on any atom is 0.227 e. The molecule has 0 amide bonds. The Balaban J connectivity index is 1.52. The molecule has 3 aromatic heterocycles. The summed E-state index contributed by atoms with van der Waals surface area (Å²) in [5.74, 6) is 0.833. The van der Waals surface area contributed by atoms with E-state index in [0.29, 0.717) is 5.71 Å². The summed E-state index contributed by atoms with van der Waals surface area (Å²) in [6.07, 6.45) is 0. The Kier molecular flexibility index (Phi) is 5.76. The van der Waals surface area contributed by atoms with E-state index in [9.17, 15) is 0 Å². The highest BCUT2D eigenvalue weighted by Crippen LogP contribution is 2.43. The monoisotopic (exact) mass is 555 g/mol. The lowest BCUT2D eigenvalue weighted by Crippen LogP contribution is -2.03. The Morgan fingerprint density at radius 3 is 1.93 bits per heavy atom. The van der Waals surface area contributed by atoms with Crippen LogP contribution in [0, 0.1) is 20.8 Å². The van der Waals surface area contributed by atoms with Gasteiger partial charge in [-0.05, 0) is 67.3 Å². The summed E-state index contributed by atoms with van der Waals surface area (Å²) in [5, 5.41) is 2.12. The average molecular weight is 556 g/mol. The van der Waals surface area contributed by atoms with Gasteiger partial charge in [0.05, 0.1) is 22.3 Å². The van der Waals surface area contributed by atoms with Crippen LogP contribution >= 0.6 is 0 Å². The van der Waals surface area contributed by atoms with Gasteiger partial charge in [-0.2, -0.15) is 0 Å². The van der Waals surface area contributed by atoms with Crippen molar-refractivity contribution in [3.05, 3.63) is 138 Å². The normalized spacial score (nSPS) is 11.6. The average Bonchev–Trinajstić information content (AvgIpc) is 3.61. The predicted molar refractivity (Wildman–Crippen MR) is 177 cm³/mol. The number of fused-ring (bicyclic) bond motifs is 4. The molecule has 0 N–H and O–H groups in total. The zero-order chi connectivity index (χ0) is 29.1. The number of rotatable bonds is 4. The molecule has 4 heteroatoms. The molecule has 206 valence electrons. The van der Waals surface area contributed by atoms with Crippen LogP contribution in [-0.2, 0) is 0 Å². The van der Waals surface area contributed by atoms with E-state index in [1.54, 1.807) is 0 Å². The first-order chi connectivity index (χ1) is 21.1. The van der Waals surface area contributed by atoms with Crippen molar-refractivity contribution in [2.24, 2.45) is 0 Å². The number of aromatic nitrogens is 3. The van der Waals surface area contributed by atoms with Gasteiger partial charge in [-0.3, -0.25) is 4.57 Å². The number of imidazole rings is 1. The number of nitrogens with zero attached hydrogens (tertiary/aromatic N) is 3.